The highest BCUT2D eigenvalue weighted by Gasteiger charge is 2.33. The Kier molecular flexibility index (Phi) is 7.02. The second kappa shape index (κ2) is 10.2. The van der Waals surface area contributed by atoms with Crippen LogP contribution in [-0.2, 0) is 9.53 Å². The fourth-order valence-corrected chi connectivity index (χ4v) is 5.02. The first kappa shape index (κ1) is 24.9. The summed E-state index contributed by atoms with van der Waals surface area (Å²) in [7, 11) is 0. The van der Waals surface area contributed by atoms with Crippen LogP contribution >= 0.6 is 11.3 Å². The number of phenols is 1. The van der Waals surface area contributed by atoms with Gasteiger partial charge in [-0.3, -0.25) is 19.5 Å². The Bertz CT molecular complexity index is 1550. The van der Waals surface area contributed by atoms with E-state index in [2.05, 4.69) is 4.99 Å². The van der Waals surface area contributed by atoms with Crippen LogP contribution in [0.4, 0.5) is 5.69 Å². The number of aromatic nitrogens is 1. The minimum atomic E-state index is -0.777. The molecule has 11 heteroatoms. The van der Waals surface area contributed by atoms with Gasteiger partial charge in [0, 0.05) is 11.6 Å². The van der Waals surface area contributed by atoms with E-state index in [1.54, 1.807) is 45.0 Å². The molecular formula is C25H23N3O7S. The predicted molar refractivity (Wildman–Crippen MR) is 133 cm³/mol. The third-order valence-corrected chi connectivity index (χ3v) is 6.50. The van der Waals surface area contributed by atoms with Crippen LogP contribution in [0.1, 0.15) is 37.9 Å². The van der Waals surface area contributed by atoms with E-state index in [0.717, 1.165) is 17.4 Å². The van der Waals surface area contributed by atoms with E-state index in [-0.39, 0.29) is 46.1 Å². The summed E-state index contributed by atoms with van der Waals surface area (Å²) in [6, 6.07) is 10.6. The van der Waals surface area contributed by atoms with Crippen molar-refractivity contribution in [3.8, 4) is 11.5 Å². The second-order valence-corrected chi connectivity index (χ2v) is 8.79. The fraction of sp³-hybridized carbons (Fsp3) is 0.240. The summed E-state index contributed by atoms with van der Waals surface area (Å²) in [5, 5.41) is 22.1. The summed E-state index contributed by atoms with van der Waals surface area (Å²) in [5.41, 5.74) is 0.657. The van der Waals surface area contributed by atoms with Gasteiger partial charge in [0.15, 0.2) is 16.3 Å². The molecule has 1 aliphatic rings. The SMILES string of the molecule is CCOC(=O)C1=C(C)N=c2s/c(=C\c3cc([N+](=O)[O-])cc(OCC)c3O)c(=O)n2C1c1ccccc1. The molecule has 186 valence electrons. The van der Waals surface area contributed by atoms with E-state index < -0.39 is 22.5 Å². The maximum absolute atomic E-state index is 13.6. The molecule has 0 bridgehead atoms. The summed E-state index contributed by atoms with van der Waals surface area (Å²) < 4.78 is 12.2. The third kappa shape index (κ3) is 4.52. The van der Waals surface area contributed by atoms with Gasteiger partial charge in [-0.05, 0) is 32.4 Å². The van der Waals surface area contributed by atoms with Crippen molar-refractivity contribution < 1.29 is 24.3 Å². The van der Waals surface area contributed by atoms with Gasteiger partial charge in [0.25, 0.3) is 11.2 Å². The summed E-state index contributed by atoms with van der Waals surface area (Å²) in [4.78, 5) is 42.2. The first-order valence-corrected chi connectivity index (χ1v) is 12.0. The van der Waals surface area contributed by atoms with E-state index in [1.165, 1.54) is 16.7 Å². The zero-order chi connectivity index (χ0) is 26.0. The smallest absolute Gasteiger partial charge is 0.338 e. The Morgan fingerprint density at radius 1 is 1.25 bits per heavy atom. The Morgan fingerprint density at radius 3 is 2.61 bits per heavy atom. The number of hydrogen-bond acceptors (Lipinski definition) is 9. The van der Waals surface area contributed by atoms with Crippen LogP contribution in [0.2, 0.25) is 0 Å². The third-order valence-electron chi connectivity index (χ3n) is 5.52. The molecule has 0 saturated carbocycles. The van der Waals surface area contributed by atoms with Crippen molar-refractivity contribution >= 4 is 29.1 Å². The first-order chi connectivity index (χ1) is 17.3. The fourth-order valence-electron chi connectivity index (χ4n) is 3.98. The van der Waals surface area contributed by atoms with Crippen molar-refractivity contribution in [2.24, 2.45) is 4.99 Å². The Hall–Kier alpha value is -4.25. The topological polar surface area (TPSA) is 133 Å². The van der Waals surface area contributed by atoms with Gasteiger partial charge in [-0.1, -0.05) is 41.7 Å². The maximum atomic E-state index is 13.6. The van der Waals surface area contributed by atoms with Crippen molar-refractivity contribution in [1.29, 1.82) is 0 Å². The molecule has 10 nitrogen and oxygen atoms in total. The lowest BCUT2D eigenvalue weighted by Gasteiger charge is -2.24. The van der Waals surface area contributed by atoms with Crippen LogP contribution in [-0.4, -0.2) is 33.8 Å². The van der Waals surface area contributed by atoms with Gasteiger partial charge in [-0.15, -0.1) is 0 Å². The standard InChI is InChI=1S/C25H23N3O7S/c1-4-34-18-13-17(28(32)33)11-16(22(18)29)12-19-23(30)27-21(15-9-7-6-8-10-15)20(24(31)35-5-2)14(3)26-25(27)36-19/h6-13,21,29H,4-5H2,1-3H3/b19-12-. The number of hydrogen-bond donors (Lipinski definition) is 1. The molecule has 1 atom stereocenters. The Labute approximate surface area is 209 Å². The van der Waals surface area contributed by atoms with E-state index in [1.807, 2.05) is 6.07 Å². The number of non-ortho nitro benzene ring substituents is 1. The largest absolute Gasteiger partial charge is 0.504 e. The summed E-state index contributed by atoms with van der Waals surface area (Å²) in [5.74, 6) is -0.954. The maximum Gasteiger partial charge on any atom is 0.338 e. The van der Waals surface area contributed by atoms with Crippen LogP contribution in [0.5, 0.6) is 11.5 Å². The quantitative estimate of drug-likeness (QED) is 0.294. The highest BCUT2D eigenvalue weighted by atomic mass is 32.1. The Balaban J connectivity index is 1.97. The van der Waals surface area contributed by atoms with Crippen molar-refractivity contribution in [2.75, 3.05) is 13.2 Å². The van der Waals surface area contributed by atoms with Gasteiger partial charge in [-0.25, -0.2) is 9.79 Å². The lowest BCUT2D eigenvalue weighted by molar-refractivity contribution is -0.385. The number of benzene rings is 2. The Morgan fingerprint density at radius 2 is 1.97 bits per heavy atom. The number of allylic oxidation sites excluding steroid dienone is 1. The number of rotatable bonds is 7. The van der Waals surface area contributed by atoms with E-state index >= 15 is 0 Å². The molecule has 1 aliphatic heterocycles. The van der Waals surface area contributed by atoms with Crippen LogP contribution in [0.3, 0.4) is 0 Å². The first-order valence-electron chi connectivity index (χ1n) is 11.2. The number of ether oxygens (including phenoxy) is 2. The molecule has 1 unspecified atom stereocenters. The average molecular weight is 510 g/mol. The molecule has 0 amide bonds. The van der Waals surface area contributed by atoms with E-state index in [4.69, 9.17) is 9.47 Å². The van der Waals surface area contributed by atoms with Gasteiger partial charge < -0.3 is 14.6 Å². The lowest BCUT2D eigenvalue weighted by Crippen LogP contribution is -2.39. The van der Waals surface area contributed by atoms with Gasteiger partial charge in [0.05, 0.1) is 46.0 Å². The number of fused-ring (bicyclic) bond motifs is 1. The van der Waals surface area contributed by atoms with Gasteiger partial charge in [0.1, 0.15) is 0 Å². The average Bonchev–Trinajstić information content (AvgIpc) is 3.15. The van der Waals surface area contributed by atoms with Crippen molar-refractivity contribution in [2.45, 2.75) is 26.8 Å². The summed E-state index contributed by atoms with van der Waals surface area (Å²) in [6.45, 7) is 5.41. The number of aromatic hydroxyl groups is 1. The number of esters is 1. The minimum absolute atomic E-state index is 0.0514. The van der Waals surface area contributed by atoms with E-state index in [9.17, 15) is 24.8 Å². The number of phenolic OH excluding ortho intramolecular Hbond substituents is 1. The molecule has 0 radical (unpaired) electrons. The predicted octanol–water partition coefficient (Wildman–Crippen LogP) is 2.81. The van der Waals surface area contributed by atoms with E-state index in [0.29, 0.717) is 16.1 Å². The zero-order valence-corrected chi connectivity index (χ0v) is 20.6. The van der Waals surface area contributed by atoms with Crippen molar-refractivity contribution in [3.63, 3.8) is 0 Å². The van der Waals surface area contributed by atoms with Crippen LogP contribution in [0, 0.1) is 10.1 Å². The van der Waals surface area contributed by atoms with Gasteiger partial charge in [0.2, 0.25) is 0 Å². The molecule has 1 aromatic heterocycles. The molecule has 1 N–H and O–H groups in total. The second-order valence-electron chi connectivity index (χ2n) is 7.78. The molecule has 0 spiro atoms. The summed E-state index contributed by atoms with van der Waals surface area (Å²) in [6.07, 6.45) is 1.36. The number of nitrogens with zero attached hydrogens (tertiary/aromatic N) is 3. The van der Waals surface area contributed by atoms with Crippen molar-refractivity contribution in [1.82, 2.24) is 4.57 Å². The van der Waals surface area contributed by atoms with Crippen LogP contribution in [0.25, 0.3) is 6.08 Å². The zero-order valence-electron chi connectivity index (χ0n) is 19.8. The molecule has 36 heavy (non-hydrogen) atoms. The van der Waals surface area contributed by atoms with Gasteiger partial charge >= 0.3 is 5.97 Å². The molecule has 0 aliphatic carbocycles. The number of nitro groups is 1. The normalized spacial score (nSPS) is 15.3. The minimum Gasteiger partial charge on any atom is -0.504 e. The molecule has 0 saturated heterocycles. The van der Waals surface area contributed by atoms with Gasteiger partial charge in [-0.2, -0.15) is 0 Å². The molecular weight excluding hydrogens is 486 g/mol. The van der Waals surface area contributed by atoms with Crippen molar-refractivity contribution in [3.05, 3.63) is 94.7 Å². The molecule has 0 fully saturated rings. The number of carbonyl (C=O) groups is 1. The lowest BCUT2D eigenvalue weighted by atomic mass is 9.96. The number of nitro benzene ring substituents is 1. The molecule has 2 aromatic carbocycles. The highest BCUT2D eigenvalue weighted by molar-refractivity contribution is 7.07. The monoisotopic (exact) mass is 509 g/mol. The molecule has 4 rings (SSSR count). The summed E-state index contributed by atoms with van der Waals surface area (Å²) >= 11 is 1.05. The molecule has 3 aromatic rings. The highest BCUT2D eigenvalue weighted by Crippen LogP contribution is 2.35. The number of thiazole rings is 1. The van der Waals surface area contributed by atoms with Crippen LogP contribution in [0.15, 0.2) is 63.5 Å². The number of carbonyl (C=O) groups excluding carboxylic acids is 1. The van der Waals surface area contributed by atoms with Crippen LogP contribution < -0.4 is 19.6 Å². The molecule has 2 heterocycles.